The zero-order valence-electron chi connectivity index (χ0n) is 19.0. The van der Waals surface area contributed by atoms with Gasteiger partial charge in [-0.25, -0.2) is 0 Å². The quantitative estimate of drug-likeness (QED) is 0.312. The van der Waals surface area contributed by atoms with E-state index in [2.05, 4.69) is 39.9 Å². The fourth-order valence-corrected chi connectivity index (χ4v) is 3.92. The Morgan fingerprint density at radius 1 is 0.886 bits per heavy atom. The molecule has 3 aromatic carbocycles. The van der Waals surface area contributed by atoms with Crippen molar-refractivity contribution in [1.82, 2.24) is 15.5 Å². The molecule has 0 unspecified atom stereocenters. The average Bonchev–Trinajstić information content (AvgIpc) is 3.37. The van der Waals surface area contributed by atoms with Crippen LogP contribution >= 0.6 is 22.9 Å². The minimum Gasteiger partial charge on any atom is -0.486 e. The molecule has 0 saturated carbocycles. The number of carbonyl (C=O) groups excluding carboxylic acids is 2. The van der Waals surface area contributed by atoms with Gasteiger partial charge in [0, 0.05) is 22.8 Å². The van der Waals surface area contributed by atoms with E-state index in [1.54, 1.807) is 48.5 Å². The van der Waals surface area contributed by atoms with Crippen LogP contribution in [0.4, 0.5) is 5.69 Å². The van der Waals surface area contributed by atoms with Gasteiger partial charge in [-0.2, -0.15) is 0 Å². The monoisotopic (exact) mass is 506 g/mol. The highest BCUT2D eigenvalue weighted by Gasteiger charge is 2.14. The maximum atomic E-state index is 12.5. The van der Waals surface area contributed by atoms with Crippen molar-refractivity contribution in [3.05, 3.63) is 105 Å². The lowest BCUT2D eigenvalue weighted by Crippen LogP contribution is -2.22. The summed E-state index contributed by atoms with van der Waals surface area (Å²) in [6, 6.07) is 21.8. The van der Waals surface area contributed by atoms with Crippen LogP contribution in [0.25, 0.3) is 0 Å². The van der Waals surface area contributed by atoms with Crippen LogP contribution < -0.4 is 15.4 Å². The van der Waals surface area contributed by atoms with Crippen molar-refractivity contribution < 1.29 is 14.3 Å². The first-order valence-corrected chi connectivity index (χ1v) is 12.2. The van der Waals surface area contributed by atoms with Crippen LogP contribution in [0.2, 0.25) is 5.02 Å². The number of halogens is 1. The molecule has 0 saturated heterocycles. The van der Waals surface area contributed by atoms with E-state index in [0.717, 1.165) is 23.3 Å². The molecule has 0 aliphatic carbocycles. The number of nitrogens with zero attached hydrogens (tertiary/aromatic N) is 2. The number of aromatic nitrogens is 2. The highest BCUT2D eigenvalue weighted by atomic mass is 35.5. The lowest BCUT2D eigenvalue weighted by Gasteiger charge is -2.07. The van der Waals surface area contributed by atoms with Gasteiger partial charge in [0.1, 0.15) is 12.4 Å². The maximum Gasteiger partial charge on any atom is 0.286 e. The van der Waals surface area contributed by atoms with Crippen molar-refractivity contribution in [2.24, 2.45) is 0 Å². The van der Waals surface area contributed by atoms with Gasteiger partial charge in [0.25, 0.3) is 11.8 Å². The second-order valence-corrected chi connectivity index (χ2v) is 9.13. The van der Waals surface area contributed by atoms with Crippen LogP contribution in [0.15, 0.2) is 72.8 Å². The third-order valence-electron chi connectivity index (χ3n) is 5.13. The summed E-state index contributed by atoms with van der Waals surface area (Å²) in [4.78, 5) is 25.0. The van der Waals surface area contributed by atoms with E-state index >= 15 is 0 Å². The summed E-state index contributed by atoms with van der Waals surface area (Å²) in [6.45, 7) is 2.74. The molecule has 0 aliphatic heterocycles. The van der Waals surface area contributed by atoms with Crippen molar-refractivity contribution in [2.45, 2.75) is 26.5 Å². The molecule has 178 valence electrons. The molecule has 4 aromatic rings. The molecule has 0 bridgehead atoms. The van der Waals surface area contributed by atoms with Crippen LogP contribution in [0.5, 0.6) is 5.75 Å². The molecule has 2 N–H and O–H groups in total. The van der Waals surface area contributed by atoms with E-state index in [4.69, 9.17) is 16.3 Å². The number of nitrogens with one attached hydrogen (secondary N) is 2. The Kier molecular flexibility index (Phi) is 8.07. The Hall–Kier alpha value is -3.75. The number of hydrogen-bond donors (Lipinski definition) is 2. The summed E-state index contributed by atoms with van der Waals surface area (Å²) in [5, 5.41) is 15.0. The Bertz CT molecular complexity index is 1290. The lowest BCUT2D eigenvalue weighted by molar-refractivity contribution is 0.0950. The largest absolute Gasteiger partial charge is 0.486 e. The van der Waals surface area contributed by atoms with Gasteiger partial charge in [-0.05, 0) is 66.1 Å². The second kappa shape index (κ2) is 11.6. The molecule has 0 fully saturated rings. The summed E-state index contributed by atoms with van der Waals surface area (Å²) < 4.78 is 5.63. The van der Waals surface area contributed by atoms with E-state index in [1.807, 2.05) is 12.1 Å². The van der Waals surface area contributed by atoms with Crippen molar-refractivity contribution in [3.8, 4) is 5.75 Å². The van der Waals surface area contributed by atoms with Gasteiger partial charge in [-0.15, -0.1) is 10.2 Å². The minimum absolute atomic E-state index is 0.183. The van der Waals surface area contributed by atoms with Gasteiger partial charge in [-0.3, -0.25) is 9.59 Å². The van der Waals surface area contributed by atoms with E-state index in [1.165, 1.54) is 5.56 Å². The highest BCUT2D eigenvalue weighted by Crippen LogP contribution is 2.19. The SMILES string of the molecule is CCc1ccc(CNC(=O)c2ccc(NC(=O)c3nnc(COc4ccc(Cl)cc4)s3)cc2)cc1. The van der Waals surface area contributed by atoms with Crippen LogP contribution in [-0.2, 0) is 19.6 Å². The first-order valence-electron chi connectivity index (χ1n) is 11.0. The molecule has 35 heavy (non-hydrogen) atoms. The number of benzene rings is 3. The molecular weight excluding hydrogens is 484 g/mol. The number of amides is 2. The first-order chi connectivity index (χ1) is 17.0. The predicted octanol–water partition coefficient (Wildman–Crippen LogP) is 5.52. The predicted molar refractivity (Wildman–Crippen MR) is 137 cm³/mol. The summed E-state index contributed by atoms with van der Waals surface area (Å²) in [5.74, 6) is 0.0824. The third-order valence-corrected chi connectivity index (χ3v) is 6.27. The van der Waals surface area contributed by atoms with E-state index < -0.39 is 0 Å². The summed E-state index contributed by atoms with van der Waals surface area (Å²) >= 11 is 7.01. The molecule has 0 atom stereocenters. The van der Waals surface area contributed by atoms with Crippen LogP contribution in [0.1, 0.15) is 43.2 Å². The van der Waals surface area contributed by atoms with Gasteiger partial charge in [-0.1, -0.05) is 54.1 Å². The number of carbonyl (C=O) groups is 2. The van der Waals surface area contributed by atoms with Gasteiger partial charge >= 0.3 is 0 Å². The third kappa shape index (κ3) is 6.88. The zero-order chi connectivity index (χ0) is 24.6. The Morgan fingerprint density at radius 2 is 1.57 bits per heavy atom. The summed E-state index contributed by atoms with van der Waals surface area (Å²) in [7, 11) is 0. The molecule has 0 aliphatic rings. The minimum atomic E-state index is -0.382. The fraction of sp³-hybridized carbons (Fsp3) is 0.154. The first kappa shape index (κ1) is 24.4. The van der Waals surface area contributed by atoms with Gasteiger partial charge in [0.05, 0.1) is 0 Å². The lowest BCUT2D eigenvalue weighted by atomic mass is 10.1. The van der Waals surface area contributed by atoms with Crippen molar-refractivity contribution in [1.29, 1.82) is 0 Å². The number of anilines is 1. The number of ether oxygens (including phenoxy) is 1. The standard InChI is InChI=1S/C26H23ClN4O3S/c1-2-17-3-5-18(6-4-17)15-28-24(32)19-7-11-21(12-8-19)29-25(33)26-31-30-23(35-26)16-34-22-13-9-20(27)10-14-22/h3-14H,2,15-16H2,1H3,(H,28,32)(H,29,33). The van der Waals surface area contributed by atoms with Crippen molar-refractivity contribution >= 4 is 40.4 Å². The molecule has 1 aromatic heterocycles. The van der Waals surface area contributed by atoms with E-state index in [0.29, 0.717) is 33.6 Å². The Labute approximate surface area is 212 Å². The number of hydrogen-bond acceptors (Lipinski definition) is 6. The van der Waals surface area contributed by atoms with Gasteiger partial charge in [0.2, 0.25) is 5.01 Å². The molecule has 2 amide bonds. The van der Waals surface area contributed by atoms with Crippen molar-refractivity contribution in [2.75, 3.05) is 5.32 Å². The molecule has 4 rings (SSSR count). The van der Waals surface area contributed by atoms with E-state index in [9.17, 15) is 9.59 Å². The highest BCUT2D eigenvalue weighted by molar-refractivity contribution is 7.13. The van der Waals surface area contributed by atoms with Gasteiger partial charge in [0.15, 0.2) is 5.01 Å². The topological polar surface area (TPSA) is 93.2 Å². The molecule has 0 radical (unpaired) electrons. The number of aryl methyl sites for hydroxylation is 1. The summed E-state index contributed by atoms with van der Waals surface area (Å²) in [6.07, 6.45) is 0.981. The Balaban J connectivity index is 1.27. The molecule has 1 heterocycles. The second-order valence-electron chi connectivity index (χ2n) is 7.63. The van der Waals surface area contributed by atoms with Crippen molar-refractivity contribution in [3.63, 3.8) is 0 Å². The van der Waals surface area contributed by atoms with Crippen LogP contribution in [0, 0.1) is 0 Å². The van der Waals surface area contributed by atoms with Crippen LogP contribution in [0.3, 0.4) is 0 Å². The van der Waals surface area contributed by atoms with Gasteiger partial charge < -0.3 is 15.4 Å². The maximum absolute atomic E-state index is 12.5. The molecule has 9 heteroatoms. The molecular formula is C26H23ClN4O3S. The fourth-order valence-electron chi connectivity index (χ4n) is 3.15. The summed E-state index contributed by atoms with van der Waals surface area (Å²) in [5.41, 5.74) is 3.35. The van der Waals surface area contributed by atoms with E-state index in [-0.39, 0.29) is 23.4 Å². The Morgan fingerprint density at radius 3 is 2.26 bits per heavy atom. The smallest absolute Gasteiger partial charge is 0.286 e. The molecule has 0 spiro atoms. The van der Waals surface area contributed by atoms with Crippen LogP contribution in [-0.4, -0.2) is 22.0 Å². The zero-order valence-corrected chi connectivity index (χ0v) is 20.5. The normalized spacial score (nSPS) is 10.6. The number of rotatable bonds is 9. The molecule has 7 nitrogen and oxygen atoms in total. The average molecular weight is 507 g/mol.